The Labute approximate surface area is 97.5 Å². The van der Waals surface area contributed by atoms with Crippen molar-refractivity contribution in [3.05, 3.63) is 42.6 Å². The van der Waals surface area contributed by atoms with Gasteiger partial charge in [0.2, 0.25) is 0 Å². The third-order valence-electron chi connectivity index (χ3n) is 1.89. The van der Waals surface area contributed by atoms with Crippen LogP contribution in [0.25, 0.3) is 0 Å². The largest absolute Gasteiger partial charge is 0.307 e. The van der Waals surface area contributed by atoms with Crippen LogP contribution >= 0.6 is 11.8 Å². The molecule has 0 unspecified atom stereocenters. The first-order chi connectivity index (χ1) is 7.88. The highest BCUT2D eigenvalue weighted by atomic mass is 32.2. The number of rotatable bonds is 4. The SMILES string of the molecule is NNc1cnc(CSc2ccncc2)cn1. The lowest BCUT2D eigenvalue weighted by Crippen LogP contribution is -2.08. The number of pyridine rings is 1. The summed E-state index contributed by atoms with van der Waals surface area (Å²) in [5.74, 6) is 6.55. The first-order valence-corrected chi connectivity index (χ1v) is 5.67. The smallest absolute Gasteiger partial charge is 0.158 e. The lowest BCUT2D eigenvalue weighted by atomic mass is 10.5. The molecule has 0 radical (unpaired) electrons. The highest BCUT2D eigenvalue weighted by Crippen LogP contribution is 2.20. The summed E-state index contributed by atoms with van der Waals surface area (Å²) in [5, 5.41) is 0. The van der Waals surface area contributed by atoms with Crippen LogP contribution in [0, 0.1) is 0 Å². The number of anilines is 1. The average Bonchev–Trinajstić information content (AvgIpc) is 2.38. The Morgan fingerprint density at radius 1 is 1.19 bits per heavy atom. The fourth-order valence-electron chi connectivity index (χ4n) is 1.10. The van der Waals surface area contributed by atoms with Gasteiger partial charge in [-0.05, 0) is 12.1 Å². The number of hydrazine groups is 1. The molecule has 0 aromatic carbocycles. The number of aromatic nitrogens is 3. The van der Waals surface area contributed by atoms with Gasteiger partial charge in [0.05, 0.1) is 18.1 Å². The van der Waals surface area contributed by atoms with E-state index in [2.05, 4.69) is 20.4 Å². The van der Waals surface area contributed by atoms with Gasteiger partial charge in [-0.2, -0.15) is 0 Å². The van der Waals surface area contributed by atoms with E-state index in [0.717, 1.165) is 16.3 Å². The van der Waals surface area contributed by atoms with Gasteiger partial charge < -0.3 is 5.43 Å². The van der Waals surface area contributed by atoms with Crippen molar-refractivity contribution < 1.29 is 0 Å². The topological polar surface area (TPSA) is 76.7 Å². The fourth-order valence-corrected chi connectivity index (χ4v) is 1.87. The van der Waals surface area contributed by atoms with Crippen molar-refractivity contribution in [2.24, 2.45) is 5.84 Å². The monoisotopic (exact) mass is 233 g/mol. The summed E-state index contributed by atoms with van der Waals surface area (Å²) in [7, 11) is 0. The molecule has 2 aromatic rings. The van der Waals surface area contributed by atoms with Crippen molar-refractivity contribution in [3.63, 3.8) is 0 Å². The second-order valence-corrected chi connectivity index (χ2v) is 4.06. The fraction of sp³-hybridized carbons (Fsp3) is 0.100. The minimum atomic E-state index is 0.567. The van der Waals surface area contributed by atoms with Crippen LogP contribution in [-0.4, -0.2) is 15.0 Å². The predicted molar refractivity (Wildman–Crippen MR) is 63.6 cm³/mol. The highest BCUT2D eigenvalue weighted by molar-refractivity contribution is 7.98. The minimum Gasteiger partial charge on any atom is -0.307 e. The van der Waals surface area contributed by atoms with Gasteiger partial charge in [-0.25, -0.2) is 10.8 Å². The average molecular weight is 233 g/mol. The molecule has 2 heterocycles. The van der Waals surface area contributed by atoms with Crippen LogP contribution in [0.2, 0.25) is 0 Å². The van der Waals surface area contributed by atoms with E-state index in [9.17, 15) is 0 Å². The zero-order chi connectivity index (χ0) is 11.2. The van der Waals surface area contributed by atoms with Crippen molar-refractivity contribution in [2.45, 2.75) is 10.6 Å². The van der Waals surface area contributed by atoms with Crippen LogP contribution in [0.3, 0.4) is 0 Å². The highest BCUT2D eigenvalue weighted by Gasteiger charge is 1.98. The molecule has 0 atom stereocenters. The Kier molecular flexibility index (Phi) is 3.68. The molecule has 0 aliphatic carbocycles. The molecule has 0 bridgehead atoms. The summed E-state index contributed by atoms with van der Waals surface area (Å²) in [6.45, 7) is 0. The molecular weight excluding hydrogens is 222 g/mol. The van der Waals surface area contributed by atoms with E-state index in [-0.39, 0.29) is 0 Å². The Hall–Kier alpha value is -1.66. The van der Waals surface area contributed by atoms with E-state index in [4.69, 9.17) is 5.84 Å². The number of nitrogens with two attached hydrogens (primary N) is 1. The van der Waals surface area contributed by atoms with E-state index >= 15 is 0 Å². The van der Waals surface area contributed by atoms with Crippen molar-refractivity contribution in [1.29, 1.82) is 0 Å². The number of hydrogen-bond donors (Lipinski definition) is 2. The number of nitrogen functional groups attached to an aromatic ring is 1. The Balaban J connectivity index is 1.94. The summed E-state index contributed by atoms with van der Waals surface area (Å²) in [4.78, 5) is 13.4. The Bertz CT molecular complexity index is 431. The van der Waals surface area contributed by atoms with E-state index in [0.29, 0.717) is 5.82 Å². The molecule has 6 heteroatoms. The maximum atomic E-state index is 5.20. The third kappa shape index (κ3) is 2.91. The van der Waals surface area contributed by atoms with Gasteiger partial charge in [-0.15, -0.1) is 11.8 Å². The van der Waals surface area contributed by atoms with Gasteiger partial charge in [0.15, 0.2) is 5.82 Å². The van der Waals surface area contributed by atoms with Crippen LogP contribution in [0.4, 0.5) is 5.82 Å². The van der Waals surface area contributed by atoms with Gasteiger partial charge in [0.1, 0.15) is 0 Å². The molecule has 0 saturated carbocycles. The van der Waals surface area contributed by atoms with Gasteiger partial charge in [0.25, 0.3) is 0 Å². The van der Waals surface area contributed by atoms with Crippen LogP contribution in [0.1, 0.15) is 5.69 Å². The molecule has 2 rings (SSSR count). The summed E-state index contributed by atoms with van der Waals surface area (Å²) in [6, 6.07) is 3.93. The first-order valence-electron chi connectivity index (χ1n) is 4.69. The van der Waals surface area contributed by atoms with E-state index < -0.39 is 0 Å². The van der Waals surface area contributed by atoms with Crippen LogP contribution in [0.5, 0.6) is 0 Å². The summed E-state index contributed by atoms with van der Waals surface area (Å²) >= 11 is 1.69. The van der Waals surface area contributed by atoms with Gasteiger partial charge in [-0.1, -0.05) is 0 Å². The second kappa shape index (κ2) is 5.43. The summed E-state index contributed by atoms with van der Waals surface area (Å²) < 4.78 is 0. The molecule has 3 N–H and O–H groups in total. The number of nitrogens with one attached hydrogen (secondary N) is 1. The maximum absolute atomic E-state index is 5.20. The quantitative estimate of drug-likeness (QED) is 0.473. The minimum absolute atomic E-state index is 0.567. The molecule has 0 aliphatic rings. The molecule has 0 amide bonds. The molecule has 5 nitrogen and oxygen atoms in total. The summed E-state index contributed by atoms with van der Waals surface area (Å²) in [5.41, 5.74) is 3.36. The summed E-state index contributed by atoms with van der Waals surface area (Å²) in [6.07, 6.45) is 6.87. The number of nitrogens with zero attached hydrogens (tertiary/aromatic N) is 3. The van der Waals surface area contributed by atoms with Crippen molar-refractivity contribution in [3.8, 4) is 0 Å². The van der Waals surface area contributed by atoms with Crippen LogP contribution in [-0.2, 0) is 5.75 Å². The van der Waals surface area contributed by atoms with E-state index in [1.165, 1.54) is 0 Å². The Morgan fingerprint density at radius 2 is 2.00 bits per heavy atom. The maximum Gasteiger partial charge on any atom is 0.158 e. The van der Waals surface area contributed by atoms with E-state index in [1.807, 2.05) is 12.1 Å². The standard InChI is InChI=1S/C10H11N5S/c11-15-10-6-13-8(5-14-10)7-16-9-1-3-12-4-2-9/h1-6H,7,11H2,(H,14,15). The lowest BCUT2D eigenvalue weighted by Gasteiger charge is -2.02. The normalized spacial score (nSPS) is 10.1. The van der Waals surface area contributed by atoms with Crippen molar-refractivity contribution >= 4 is 17.6 Å². The van der Waals surface area contributed by atoms with Gasteiger partial charge in [0, 0.05) is 23.0 Å². The molecular formula is C10H11N5S. The molecule has 0 spiro atoms. The first kappa shape index (κ1) is 10.8. The second-order valence-electron chi connectivity index (χ2n) is 3.01. The molecule has 0 fully saturated rings. The van der Waals surface area contributed by atoms with Crippen molar-refractivity contribution in [2.75, 3.05) is 5.43 Å². The molecule has 0 aliphatic heterocycles. The molecule has 16 heavy (non-hydrogen) atoms. The van der Waals surface area contributed by atoms with E-state index in [1.54, 1.807) is 36.5 Å². The van der Waals surface area contributed by atoms with Crippen LogP contribution < -0.4 is 11.3 Å². The number of thioether (sulfide) groups is 1. The van der Waals surface area contributed by atoms with Gasteiger partial charge >= 0.3 is 0 Å². The zero-order valence-corrected chi connectivity index (χ0v) is 9.31. The molecule has 2 aromatic heterocycles. The van der Waals surface area contributed by atoms with Gasteiger partial charge in [-0.3, -0.25) is 9.97 Å². The van der Waals surface area contributed by atoms with Crippen molar-refractivity contribution in [1.82, 2.24) is 15.0 Å². The molecule has 0 saturated heterocycles. The zero-order valence-electron chi connectivity index (χ0n) is 8.50. The Morgan fingerprint density at radius 3 is 2.62 bits per heavy atom. The predicted octanol–water partition coefficient (Wildman–Crippen LogP) is 1.45. The number of hydrogen-bond acceptors (Lipinski definition) is 6. The lowest BCUT2D eigenvalue weighted by molar-refractivity contribution is 1.08. The third-order valence-corrected chi connectivity index (χ3v) is 2.94. The van der Waals surface area contributed by atoms with Crippen LogP contribution in [0.15, 0.2) is 41.8 Å². The molecule has 82 valence electrons.